The summed E-state index contributed by atoms with van der Waals surface area (Å²) in [6, 6.07) is 11.4. The van der Waals surface area contributed by atoms with Crippen LogP contribution in [0.25, 0.3) is 11.3 Å². The van der Waals surface area contributed by atoms with Crippen molar-refractivity contribution < 1.29 is 27.3 Å². The molecular formula is C31H38N4O6S. The van der Waals surface area contributed by atoms with E-state index in [-0.39, 0.29) is 23.6 Å². The molecule has 10 nitrogen and oxygen atoms in total. The van der Waals surface area contributed by atoms with Gasteiger partial charge in [0.05, 0.1) is 18.0 Å². The van der Waals surface area contributed by atoms with E-state index in [9.17, 15) is 22.8 Å². The van der Waals surface area contributed by atoms with E-state index in [4.69, 9.17) is 10.3 Å². The number of likely N-dealkylation sites (N-methyl/N-ethyl adjacent to an activating group) is 1. The van der Waals surface area contributed by atoms with Crippen molar-refractivity contribution >= 4 is 27.7 Å². The van der Waals surface area contributed by atoms with E-state index in [1.807, 2.05) is 19.9 Å². The van der Waals surface area contributed by atoms with Crippen molar-refractivity contribution in [2.24, 2.45) is 5.73 Å². The third kappa shape index (κ3) is 7.80. The van der Waals surface area contributed by atoms with E-state index in [2.05, 4.69) is 11.7 Å². The summed E-state index contributed by atoms with van der Waals surface area (Å²) in [7, 11) is -2.97. The average Bonchev–Trinajstić information content (AvgIpc) is 3.49. The Balaban J connectivity index is 2.08. The molecule has 0 radical (unpaired) electrons. The van der Waals surface area contributed by atoms with E-state index in [0.29, 0.717) is 23.3 Å². The highest BCUT2D eigenvalue weighted by molar-refractivity contribution is 7.90. The van der Waals surface area contributed by atoms with Crippen LogP contribution in [-0.4, -0.2) is 65.4 Å². The fraction of sp³-hybridized carbons (Fsp3) is 0.355. The molecule has 0 aliphatic rings. The lowest BCUT2D eigenvalue weighted by Crippen LogP contribution is -2.57. The molecule has 3 amide bonds. The van der Waals surface area contributed by atoms with Crippen LogP contribution in [-0.2, 0) is 26.0 Å². The predicted octanol–water partition coefficient (Wildman–Crippen LogP) is 4.03. The highest BCUT2D eigenvalue weighted by atomic mass is 32.2. The van der Waals surface area contributed by atoms with Crippen LogP contribution in [0.2, 0.25) is 0 Å². The predicted molar refractivity (Wildman–Crippen MR) is 161 cm³/mol. The van der Waals surface area contributed by atoms with Gasteiger partial charge in [-0.2, -0.15) is 4.31 Å². The van der Waals surface area contributed by atoms with Crippen LogP contribution in [0, 0.1) is 13.8 Å². The lowest BCUT2D eigenvalue weighted by Gasteiger charge is -2.32. The van der Waals surface area contributed by atoms with E-state index < -0.39 is 45.6 Å². The number of hydrogen-bond acceptors (Lipinski definition) is 8. The number of imide groups is 1. The number of carbonyl (C=O) groups is 3. The Morgan fingerprint density at radius 1 is 1.05 bits per heavy atom. The summed E-state index contributed by atoms with van der Waals surface area (Å²) in [4.78, 5) is 42.5. The highest BCUT2D eigenvalue weighted by Gasteiger charge is 2.42. The zero-order chi connectivity index (χ0) is 31.0. The van der Waals surface area contributed by atoms with Gasteiger partial charge in [-0.15, -0.1) is 6.58 Å². The molecule has 0 spiro atoms. The smallest absolute Gasteiger partial charge is 0.266 e. The molecule has 11 heteroatoms. The largest absolute Gasteiger partial charge is 0.356 e. The summed E-state index contributed by atoms with van der Waals surface area (Å²) < 4.78 is 32.4. The zero-order valence-electron chi connectivity index (χ0n) is 24.4. The lowest BCUT2D eigenvalue weighted by atomic mass is 10.00. The second-order valence-electron chi connectivity index (χ2n) is 10.3. The van der Waals surface area contributed by atoms with Crippen molar-refractivity contribution in [2.75, 3.05) is 12.8 Å². The number of sulfonamides is 1. The first-order chi connectivity index (χ1) is 19.9. The molecule has 42 heavy (non-hydrogen) atoms. The van der Waals surface area contributed by atoms with Gasteiger partial charge >= 0.3 is 0 Å². The van der Waals surface area contributed by atoms with Crippen LogP contribution in [0.1, 0.15) is 53.2 Å². The average molecular weight is 595 g/mol. The molecule has 0 aliphatic heterocycles. The number of hydrogen-bond donors (Lipinski definition) is 1. The van der Waals surface area contributed by atoms with Gasteiger partial charge in [0.1, 0.15) is 6.04 Å². The van der Waals surface area contributed by atoms with Gasteiger partial charge in [0.2, 0.25) is 10.0 Å². The SMILES string of the molecule is C=CCC(N)C(=O)N(C(=O)[C@H](Cc1ccc(-c2ccno2)cc1)N(C)C(=O)c1cc(C)cc(C)c1)S(=O)(=O)CCCC. The number of nitrogens with zero attached hydrogens (tertiary/aromatic N) is 3. The second kappa shape index (κ2) is 14.2. The first-order valence-electron chi connectivity index (χ1n) is 13.7. The summed E-state index contributed by atoms with van der Waals surface area (Å²) >= 11 is 0. The Hall–Kier alpha value is -4.09. The first kappa shape index (κ1) is 32.4. The molecule has 1 heterocycles. The molecule has 2 N–H and O–H groups in total. The first-order valence-corrected chi connectivity index (χ1v) is 15.3. The van der Waals surface area contributed by atoms with Crippen molar-refractivity contribution in [2.45, 2.75) is 58.5 Å². The molecule has 0 saturated carbocycles. The molecule has 3 aromatic rings. The quantitative estimate of drug-likeness (QED) is 0.292. The maximum atomic E-state index is 14.2. The lowest BCUT2D eigenvalue weighted by molar-refractivity contribution is -0.142. The summed E-state index contributed by atoms with van der Waals surface area (Å²) in [5.74, 6) is -2.47. The topological polar surface area (TPSA) is 144 Å². The molecule has 1 aromatic heterocycles. The van der Waals surface area contributed by atoms with Crippen LogP contribution in [0.5, 0.6) is 0 Å². The van der Waals surface area contributed by atoms with Gasteiger partial charge in [0.25, 0.3) is 17.7 Å². The van der Waals surface area contributed by atoms with E-state index >= 15 is 0 Å². The molecule has 2 atom stereocenters. The van der Waals surface area contributed by atoms with Crippen molar-refractivity contribution in [1.29, 1.82) is 0 Å². The minimum atomic E-state index is -4.39. The van der Waals surface area contributed by atoms with Gasteiger partial charge in [-0.25, -0.2) is 8.42 Å². The Morgan fingerprint density at radius 2 is 1.69 bits per heavy atom. The standard InChI is InChI=1S/C31H38N4O6S/c1-6-8-16-42(39,40)35(30(37)26(32)9-7-2)31(38)27(34(5)29(36)25-18-21(3)17-22(4)19-25)20-23-10-12-24(13-11-23)28-14-15-33-41-28/h7,10-15,17-19,26-27H,2,6,8-9,16,20,32H2,1,3-5H3/t26?,27-/m0/s1. The van der Waals surface area contributed by atoms with E-state index in [1.54, 1.807) is 49.4 Å². The van der Waals surface area contributed by atoms with Crippen LogP contribution in [0.3, 0.4) is 0 Å². The second-order valence-corrected chi connectivity index (χ2v) is 12.3. The van der Waals surface area contributed by atoms with Crippen LogP contribution < -0.4 is 5.73 Å². The number of nitrogens with two attached hydrogens (primary N) is 1. The molecule has 1 unspecified atom stereocenters. The van der Waals surface area contributed by atoms with Gasteiger partial charge < -0.3 is 15.2 Å². The van der Waals surface area contributed by atoms with Crippen LogP contribution >= 0.6 is 0 Å². The summed E-state index contributed by atoms with van der Waals surface area (Å²) in [6.45, 7) is 9.07. The fourth-order valence-corrected chi connectivity index (χ4v) is 6.23. The molecule has 0 bridgehead atoms. The summed E-state index contributed by atoms with van der Waals surface area (Å²) in [5, 5.41) is 3.71. The van der Waals surface area contributed by atoms with Gasteiger partial charge in [-0.1, -0.05) is 66.0 Å². The fourth-order valence-electron chi connectivity index (χ4n) is 4.59. The molecule has 0 fully saturated rings. The monoisotopic (exact) mass is 594 g/mol. The molecule has 224 valence electrons. The number of rotatable bonds is 13. The Bertz CT molecular complexity index is 1500. The zero-order valence-corrected chi connectivity index (χ0v) is 25.3. The normalized spacial score (nSPS) is 12.8. The van der Waals surface area contributed by atoms with Gasteiger partial charge in [-0.3, -0.25) is 14.4 Å². The third-order valence-corrected chi connectivity index (χ3v) is 8.54. The minimum absolute atomic E-state index is 0.0307. The van der Waals surface area contributed by atoms with Crippen molar-refractivity contribution in [3.05, 3.63) is 89.6 Å². The summed E-state index contributed by atoms with van der Waals surface area (Å²) in [5.41, 5.74) is 9.41. The maximum Gasteiger partial charge on any atom is 0.266 e. The van der Waals surface area contributed by atoms with Crippen molar-refractivity contribution in [3.63, 3.8) is 0 Å². The minimum Gasteiger partial charge on any atom is -0.356 e. The maximum absolute atomic E-state index is 14.2. The molecule has 0 aliphatic carbocycles. The Morgan fingerprint density at radius 3 is 2.24 bits per heavy atom. The number of benzene rings is 2. The van der Waals surface area contributed by atoms with Gasteiger partial charge in [-0.05, 0) is 44.4 Å². The molecular weight excluding hydrogens is 556 g/mol. The Kier molecular flexibility index (Phi) is 11.0. The third-order valence-electron chi connectivity index (χ3n) is 6.82. The number of aromatic nitrogens is 1. The summed E-state index contributed by atoms with van der Waals surface area (Å²) in [6.07, 6.45) is 3.57. The van der Waals surface area contributed by atoms with Crippen molar-refractivity contribution in [1.82, 2.24) is 14.4 Å². The van der Waals surface area contributed by atoms with Gasteiger partial charge in [0, 0.05) is 30.7 Å². The van der Waals surface area contributed by atoms with Gasteiger partial charge in [0.15, 0.2) is 5.76 Å². The van der Waals surface area contributed by atoms with E-state index in [1.165, 1.54) is 24.2 Å². The number of aryl methyl sites for hydroxylation is 2. The number of amides is 3. The van der Waals surface area contributed by atoms with Crippen LogP contribution in [0.4, 0.5) is 0 Å². The van der Waals surface area contributed by atoms with Crippen LogP contribution in [0.15, 0.2) is 71.9 Å². The number of unbranched alkanes of at least 4 members (excludes halogenated alkanes) is 1. The molecule has 2 aromatic carbocycles. The Labute approximate surface area is 247 Å². The van der Waals surface area contributed by atoms with Crippen molar-refractivity contribution in [3.8, 4) is 11.3 Å². The molecule has 3 rings (SSSR count). The highest BCUT2D eigenvalue weighted by Crippen LogP contribution is 2.23. The molecule has 0 saturated heterocycles. The number of carbonyl (C=O) groups excluding carboxylic acids is 3. The van der Waals surface area contributed by atoms with E-state index in [0.717, 1.165) is 16.7 Å².